The van der Waals surface area contributed by atoms with E-state index in [2.05, 4.69) is 15.5 Å². The fourth-order valence-corrected chi connectivity index (χ4v) is 3.46. The lowest BCUT2D eigenvalue weighted by Gasteiger charge is -2.34. The maximum atomic E-state index is 13.3. The van der Waals surface area contributed by atoms with Gasteiger partial charge in [0, 0.05) is 30.5 Å². The molecule has 1 saturated heterocycles. The summed E-state index contributed by atoms with van der Waals surface area (Å²) in [5.74, 6) is -0.764. The second kappa shape index (κ2) is 8.48. The Kier molecular flexibility index (Phi) is 6.06. The van der Waals surface area contributed by atoms with Crippen LogP contribution in [0.3, 0.4) is 0 Å². The van der Waals surface area contributed by atoms with E-state index in [1.54, 1.807) is 12.1 Å². The van der Waals surface area contributed by atoms with Gasteiger partial charge in [0.1, 0.15) is 11.6 Å². The van der Waals surface area contributed by atoms with Crippen molar-refractivity contribution in [2.24, 2.45) is 0 Å². The molecule has 0 bridgehead atoms. The third-order valence-corrected chi connectivity index (χ3v) is 5.02. The molecule has 1 aliphatic heterocycles. The Hall–Kier alpha value is -2.47. The highest BCUT2D eigenvalue weighted by Crippen LogP contribution is 2.24. The number of benzene rings is 2. The summed E-state index contributed by atoms with van der Waals surface area (Å²) in [6, 6.07) is 9.47. The minimum Gasteiger partial charge on any atom is -0.371 e. The summed E-state index contributed by atoms with van der Waals surface area (Å²) in [7, 11) is 0. The number of nitrogens with one attached hydrogen (secondary N) is 2. The van der Waals surface area contributed by atoms with E-state index in [9.17, 15) is 13.6 Å². The van der Waals surface area contributed by atoms with Crippen LogP contribution in [0.5, 0.6) is 0 Å². The normalized spacial score (nSPS) is 15.0. The predicted octanol–water partition coefficient (Wildman–Crippen LogP) is 3.78. The molecule has 4 nitrogen and oxygen atoms in total. The molecule has 3 rings (SSSR count). The molecule has 144 valence electrons. The summed E-state index contributed by atoms with van der Waals surface area (Å²) in [5, 5.41) is 6.03. The van der Waals surface area contributed by atoms with Crippen LogP contribution in [0.1, 0.15) is 24.0 Å². The highest BCUT2D eigenvalue weighted by molar-refractivity contribution is 5.92. The summed E-state index contributed by atoms with van der Waals surface area (Å²) < 4.78 is 26.6. The number of hydrogen-bond donors (Lipinski definition) is 2. The van der Waals surface area contributed by atoms with E-state index in [0.717, 1.165) is 42.7 Å². The number of nitrogens with zero attached hydrogens (tertiary/aromatic N) is 1. The first-order chi connectivity index (χ1) is 12.9. The summed E-state index contributed by atoms with van der Waals surface area (Å²) in [6.45, 7) is 5.65. The molecule has 0 aromatic heterocycles. The number of carbonyl (C=O) groups is 1. The molecule has 2 aromatic rings. The average Bonchev–Trinajstić information content (AvgIpc) is 2.64. The van der Waals surface area contributed by atoms with Gasteiger partial charge in [-0.15, -0.1) is 0 Å². The van der Waals surface area contributed by atoms with Crippen LogP contribution in [-0.2, 0) is 4.79 Å². The highest BCUT2D eigenvalue weighted by Gasteiger charge is 2.21. The quantitative estimate of drug-likeness (QED) is 0.838. The van der Waals surface area contributed by atoms with E-state index < -0.39 is 0 Å². The van der Waals surface area contributed by atoms with Crippen molar-refractivity contribution in [3.8, 4) is 0 Å². The van der Waals surface area contributed by atoms with Crippen LogP contribution in [0.15, 0.2) is 36.4 Å². The van der Waals surface area contributed by atoms with Crippen molar-refractivity contribution in [1.29, 1.82) is 0 Å². The summed E-state index contributed by atoms with van der Waals surface area (Å²) >= 11 is 0. The maximum Gasteiger partial charge on any atom is 0.238 e. The van der Waals surface area contributed by atoms with Crippen LogP contribution in [0, 0.1) is 25.5 Å². The molecule has 0 radical (unpaired) electrons. The molecule has 0 aliphatic carbocycles. The maximum absolute atomic E-state index is 13.3. The van der Waals surface area contributed by atoms with Crippen molar-refractivity contribution in [1.82, 2.24) is 5.32 Å². The molecule has 1 fully saturated rings. The molecular weight excluding hydrogens is 348 g/mol. The van der Waals surface area contributed by atoms with Crippen molar-refractivity contribution in [3.63, 3.8) is 0 Å². The van der Waals surface area contributed by atoms with Gasteiger partial charge < -0.3 is 15.5 Å². The van der Waals surface area contributed by atoms with Gasteiger partial charge in [-0.25, -0.2) is 8.78 Å². The fraction of sp³-hybridized carbons (Fsp3) is 0.381. The second-order valence-electron chi connectivity index (χ2n) is 7.08. The van der Waals surface area contributed by atoms with Crippen LogP contribution in [0.2, 0.25) is 0 Å². The number of amides is 1. The largest absolute Gasteiger partial charge is 0.371 e. The molecule has 1 amide bonds. The minimum atomic E-state index is -0.368. The van der Waals surface area contributed by atoms with Crippen molar-refractivity contribution in [2.45, 2.75) is 32.7 Å². The highest BCUT2D eigenvalue weighted by atomic mass is 19.1. The lowest BCUT2D eigenvalue weighted by atomic mass is 10.0. The lowest BCUT2D eigenvalue weighted by Crippen LogP contribution is -2.45. The van der Waals surface area contributed by atoms with E-state index in [0.29, 0.717) is 5.69 Å². The molecule has 6 heteroatoms. The number of anilines is 2. The first-order valence-corrected chi connectivity index (χ1v) is 9.23. The van der Waals surface area contributed by atoms with Gasteiger partial charge in [-0.1, -0.05) is 6.07 Å². The van der Waals surface area contributed by atoms with Crippen LogP contribution in [0.25, 0.3) is 0 Å². The topological polar surface area (TPSA) is 44.4 Å². The average molecular weight is 373 g/mol. The van der Waals surface area contributed by atoms with Crippen molar-refractivity contribution < 1.29 is 13.6 Å². The van der Waals surface area contributed by atoms with Gasteiger partial charge in [0.25, 0.3) is 0 Å². The zero-order valence-corrected chi connectivity index (χ0v) is 15.7. The number of piperidine rings is 1. The Bertz CT molecular complexity index is 817. The first kappa shape index (κ1) is 19.3. The van der Waals surface area contributed by atoms with Gasteiger partial charge in [0.05, 0.1) is 6.54 Å². The van der Waals surface area contributed by atoms with Gasteiger partial charge in [0.2, 0.25) is 5.91 Å². The molecule has 0 atom stereocenters. The smallest absolute Gasteiger partial charge is 0.238 e. The molecule has 0 spiro atoms. The third kappa shape index (κ3) is 5.04. The Morgan fingerprint density at radius 2 is 1.70 bits per heavy atom. The van der Waals surface area contributed by atoms with E-state index in [-0.39, 0.29) is 30.1 Å². The van der Waals surface area contributed by atoms with Gasteiger partial charge in [-0.2, -0.15) is 0 Å². The van der Waals surface area contributed by atoms with Crippen LogP contribution in [-0.4, -0.2) is 31.6 Å². The van der Waals surface area contributed by atoms with Crippen molar-refractivity contribution in [3.05, 3.63) is 59.2 Å². The SMILES string of the molecule is Cc1ccc(F)cc1NC(=O)CNC1CCN(c2ccc(F)cc2C)CC1. The second-order valence-corrected chi connectivity index (χ2v) is 7.08. The fourth-order valence-electron chi connectivity index (χ4n) is 3.46. The van der Waals surface area contributed by atoms with E-state index in [1.165, 1.54) is 18.2 Å². The standard InChI is InChI=1S/C21H25F2N3O/c1-14-3-4-17(23)12-19(14)25-21(27)13-24-18-7-9-26(10-8-18)20-6-5-16(22)11-15(20)2/h3-6,11-12,18,24H,7-10,13H2,1-2H3,(H,25,27). The molecule has 2 aromatic carbocycles. The molecule has 0 saturated carbocycles. The van der Waals surface area contributed by atoms with Crippen molar-refractivity contribution >= 4 is 17.3 Å². The van der Waals surface area contributed by atoms with Gasteiger partial charge >= 0.3 is 0 Å². The first-order valence-electron chi connectivity index (χ1n) is 9.23. The number of hydrogen-bond acceptors (Lipinski definition) is 3. The summed E-state index contributed by atoms with van der Waals surface area (Å²) in [5.41, 5.74) is 3.33. The van der Waals surface area contributed by atoms with E-state index in [4.69, 9.17) is 0 Å². The molecular formula is C21H25F2N3O. The predicted molar refractivity (Wildman–Crippen MR) is 104 cm³/mol. The van der Waals surface area contributed by atoms with Gasteiger partial charge in [0.15, 0.2) is 0 Å². The zero-order chi connectivity index (χ0) is 19.4. The van der Waals surface area contributed by atoms with E-state index >= 15 is 0 Å². The van der Waals surface area contributed by atoms with Crippen LogP contribution >= 0.6 is 0 Å². The molecule has 1 aliphatic rings. The van der Waals surface area contributed by atoms with Gasteiger partial charge in [-0.05, 0) is 68.1 Å². The van der Waals surface area contributed by atoms with Crippen LogP contribution in [0.4, 0.5) is 20.2 Å². The molecule has 2 N–H and O–H groups in total. The summed E-state index contributed by atoms with van der Waals surface area (Å²) in [6.07, 6.45) is 1.81. The Morgan fingerprint density at radius 3 is 2.41 bits per heavy atom. The molecule has 1 heterocycles. The number of carbonyl (C=O) groups excluding carboxylic acids is 1. The Morgan fingerprint density at radius 1 is 1.04 bits per heavy atom. The van der Waals surface area contributed by atoms with Gasteiger partial charge in [-0.3, -0.25) is 4.79 Å². The Balaban J connectivity index is 1.46. The number of rotatable bonds is 5. The third-order valence-electron chi connectivity index (χ3n) is 5.02. The van der Waals surface area contributed by atoms with E-state index in [1.807, 2.05) is 19.9 Å². The lowest BCUT2D eigenvalue weighted by molar-refractivity contribution is -0.115. The Labute approximate surface area is 158 Å². The monoisotopic (exact) mass is 373 g/mol. The minimum absolute atomic E-state index is 0.180. The summed E-state index contributed by atoms with van der Waals surface area (Å²) in [4.78, 5) is 14.4. The zero-order valence-electron chi connectivity index (χ0n) is 15.7. The van der Waals surface area contributed by atoms with Crippen LogP contribution < -0.4 is 15.5 Å². The van der Waals surface area contributed by atoms with Crippen molar-refractivity contribution in [2.75, 3.05) is 29.9 Å². The number of halogens is 2. The molecule has 27 heavy (non-hydrogen) atoms. The number of aryl methyl sites for hydroxylation is 2. The molecule has 0 unspecified atom stereocenters.